The summed E-state index contributed by atoms with van der Waals surface area (Å²) in [6.07, 6.45) is 5.10. The molecule has 2 unspecified atom stereocenters. The van der Waals surface area contributed by atoms with Crippen molar-refractivity contribution in [1.29, 1.82) is 0 Å². The van der Waals surface area contributed by atoms with E-state index >= 15 is 0 Å². The van der Waals surface area contributed by atoms with E-state index in [-0.39, 0.29) is 0 Å². The lowest BCUT2D eigenvalue weighted by atomic mass is 9.85. The highest BCUT2D eigenvalue weighted by Crippen LogP contribution is 2.42. The van der Waals surface area contributed by atoms with E-state index in [0.29, 0.717) is 6.04 Å². The number of nitrogens with zero attached hydrogens (tertiary/aromatic N) is 3. The lowest BCUT2D eigenvalue weighted by molar-refractivity contribution is 0.341. The zero-order valence-electron chi connectivity index (χ0n) is 25.6. The minimum Gasteiger partial charge on any atom is -0.341 e. The van der Waals surface area contributed by atoms with Crippen LogP contribution in [0.1, 0.15) is 45.1 Å². The highest BCUT2D eigenvalue weighted by Gasteiger charge is 2.27. The molecule has 2 atom stereocenters. The van der Waals surface area contributed by atoms with Gasteiger partial charge >= 0.3 is 0 Å². The monoisotopic (exact) mass is 563 g/mol. The quantitative estimate of drug-likeness (QED) is 0.191. The first-order chi connectivity index (χ1) is 21.1. The maximum atomic E-state index is 2.62. The first-order valence-corrected chi connectivity index (χ1v) is 15.9. The Morgan fingerprint density at radius 1 is 0.628 bits per heavy atom. The van der Waals surface area contributed by atoms with Crippen molar-refractivity contribution >= 4 is 50.2 Å². The average molecular weight is 564 g/mol. The molecular weight excluding hydrogens is 522 g/mol. The summed E-state index contributed by atoms with van der Waals surface area (Å²) in [6, 6.07) is 45.2. The molecule has 0 radical (unpaired) electrons. The van der Waals surface area contributed by atoms with Gasteiger partial charge in [-0.05, 0) is 111 Å². The molecule has 0 spiro atoms. The van der Waals surface area contributed by atoms with Gasteiger partial charge in [0.25, 0.3) is 0 Å². The van der Waals surface area contributed by atoms with Gasteiger partial charge in [-0.25, -0.2) is 0 Å². The molecule has 3 nitrogen and oxygen atoms in total. The molecular formula is C40H41N3. The normalized spacial score (nSPS) is 16.9. The number of rotatable bonds is 7. The summed E-state index contributed by atoms with van der Waals surface area (Å²) < 4.78 is 2.47. The van der Waals surface area contributed by atoms with Gasteiger partial charge in [0.2, 0.25) is 0 Å². The Hall–Kier alpha value is -4.50. The molecule has 1 aliphatic rings. The smallest absolute Gasteiger partial charge is 0.0492 e. The number of para-hydroxylation sites is 2. The topological polar surface area (TPSA) is 11.4 Å². The molecule has 216 valence electrons. The van der Waals surface area contributed by atoms with Crippen molar-refractivity contribution in [1.82, 2.24) is 4.57 Å². The van der Waals surface area contributed by atoms with Crippen molar-refractivity contribution in [3.05, 3.63) is 127 Å². The number of benzene rings is 5. The van der Waals surface area contributed by atoms with Crippen molar-refractivity contribution in [2.24, 2.45) is 5.92 Å². The third-order valence-corrected chi connectivity index (χ3v) is 9.27. The minimum absolute atomic E-state index is 0.508. The summed E-state index contributed by atoms with van der Waals surface area (Å²) in [5.41, 5.74) is 9.92. The van der Waals surface area contributed by atoms with E-state index in [4.69, 9.17) is 0 Å². The molecule has 6 aromatic rings. The van der Waals surface area contributed by atoms with Gasteiger partial charge in [-0.1, -0.05) is 68.3 Å². The van der Waals surface area contributed by atoms with Crippen LogP contribution >= 0.6 is 0 Å². The van der Waals surface area contributed by atoms with Gasteiger partial charge in [0.1, 0.15) is 0 Å². The van der Waals surface area contributed by atoms with Gasteiger partial charge in [-0.15, -0.1) is 0 Å². The molecule has 0 saturated heterocycles. The van der Waals surface area contributed by atoms with Crippen molar-refractivity contribution in [3.63, 3.8) is 0 Å². The van der Waals surface area contributed by atoms with Crippen LogP contribution in [0.2, 0.25) is 0 Å². The zero-order chi connectivity index (χ0) is 29.3. The number of fused-ring (bicyclic) bond motifs is 3. The number of hydrogen-bond donors (Lipinski definition) is 0. The van der Waals surface area contributed by atoms with Crippen LogP contribution in [0.5, 0.6) is 0 Å². The first-order valence-electron chi connectivity index (χ1n) is 15.9. The second-order valence-electron chi connectivity index (χ2n) is 12.3. The van der Waals surface area contributed by atoms with Crippen LogP contribution in [0.25, 0.3) is 21.8 Å². The Balaban J connectivity index is 1.41. The van der Waals surface area contributed by atoms with E-state index < -0.39 is 0 Å². The van der Waals surface area contributed by atoms with Crippen LogP contribution in [0, 0.1) is 12.8 Å². The van der Waals surface area contributed by atoms with Crippen LogP contribution in [0.15, 0.2) is 121 Å². The van der Waals surface area contributed by atoms with Crippen LogP contribution in [0.3, 0.4) is 0 Å². The lowest BCUT2D eigenvalue weighted by Crippen LogP contribution is -2.35. The van der Waals surface area contributed by atoms with Crippen LogP contribution in [-0.4, -0.2) is 10.6 Å². The van der Waals surface area contributed by atoms with Crippen molar-refractivity contribution < 1.29 is 0 Å². The molecule has 1 fully saturated rings. The molecule has 3 heteroatoms. The summed E-state index contributed by atoms with van der Waals surface area (Å²) in [4.78, 5) is 5.00. The zero-order valence-corrected chi connectivity index (χ0v) is 25.6. The van der Waals surface area contributed by atoms with Gasteiger partial charge in [0, 0.05) is 62.8 Å². The third kappa shape index (κ3) is 5.18. The fourth-order valence-corrected chi connectivity index (χ4v) is 7.30. The maximum absolute atomic E-state index is 2.62. The highest BCUT2D eigenvalue weighted by atomic mass is 15.2. The molecule has 0 bridgehead atoms. The summed E-state index contributed by atoms with van der Waals surface area (Å²) in [7, 11) is 0. The Kier molecular flexibility index (Phi) is 7.40. The Labute approximate surface area is 256 Å². The summed E-state index contributed by atoms with van der Waals surface area (Å²) >= 11 is 0. The number of aromatic nitrogens is 1. The molecule has 5 aromatic carbocycles. The van der Waals surface area contributed by atoms with E-state index in [1.807, 2.05) is 0 Å². The van der Waals surface area contributed by atoms with Gasteiger partial charge < -0.3 is 14.4 Å². The summed E-state index contributed by atoms with van der Waals surface area (Å²) in [5.74, 6) is 0.754. The van der Waals surface area contributed by atoms with Crippen LogP contribution in [-0.2, 0) is 6.54 Å². The molecule has 0 amide bonds. The van der Waals surface area contributed by atoms with Crippen LogP contribution in [0.4, 0.5) is 28.4 Å². The van der Waals surface area contributed by atoms with Crippen molar-refractivity contribution in [3.8, 4) is 0 Å². The highest BCUT2D eigenvalue weighted by molar-refractivity contribution is 6.10. The van der Waals surface area contributed by atoms with E-state index in [1.165, 1.54) is 75.8 Å². The third-order valence-electron chi connectivity index (χ3n) is 9.27. The Morgan fingerprint density at radius 2 is 1.23 bits per heavy atom. The second-order valence-corrected chi connectivity index (χ2v) is 12.3. The standard InChI is InChI=1S/C40H41N3/c1-4-41-39-23-21-35(42(31-15-7-5-8-16-31)33-19-11-13-29(2)25-33)27-37(39)38-28-36(22-24-40(38)41)43(32-17-9-6-10-18-32)34-20-12-14-30(3)26-34/h5-11,13,15-19,21-25,27-28,30,34H,4,12,14,20,26H2,1-3H3. The number of aryl methyl sites for hydroxylation is 2. The summed E-state index contributed by atoms with van der Waals surface area (Å²) in [6.45, 7) is 7.77. The molecule has 1 heterocycles. The molecule has 0 N–H and O–H groups in total. The van der Waals surface area contributed by atoms with Crippen LogP contribution < -0.4 is 9.80 Å². The van der Waals surface area contributed by atoms with E-state index in [9.17, 15) is 0 Å². The molecule has 1 aromatic heterocycles. The maximum Gasteiger partial charge on any atom is 0.0492 e. The van der Waals surface area contributed by atoms with E-state index in [0.717, 1.165) is 18.2 Å². The molecule has 43 heavy (non-hydrogen) atoms. The van der Waals surface area contributed by atoms with Gasteiger partial charge in [-0.3, -0.25) is 0 Å². The SMILES string of the molecule is CCn1c2ccc(N(c3ccccc3)c3cccc(C)c3)cc2c2cc(N(c3ccccc3)C3CCCC(C)C3)ccc21. The van der Waals surface area contributed by atoms with Gasteiger partial charge in [0.15, 0.2) is 0 Å². The molecule has 0 aliphatic heterocycles. The lowest BCUT2D eigenvalue weighted by Gasteiger charge is -2.38. The molecule has 1 aliphatic carbocycles. The number of hydrogen-bond acceptors (Lipinski definition) is 2. The summed E-state index contributed by atoms with van der Waals surface area (Å²) in [5, 5.41) is 2.62. The molecule has 7 rings (SSSR count). The van der Waals surface area contributed by atoms with Gasteiger partial charge in [0.05, 0.1) is 0 Å². The number of anilines is 5. The average Bonchev–Trinajstić information content (AvgIpc) is 3.35. The van der Waals surface area contributed by atoms with E-state index in [1.54, 1.807) is 0 Å². The predicted molar refractivity (Wildman–Crippen MR) is 185 cm³/mol. The second kappa shape index (κ2) is 11.6. The Morgan fingerprint density at radius 3 is 1.88 bits per heavy atom. The van der Waals surface area contributed by atoms with Crippen molar-refractivity contribution in [2.45, 2.75) is 59.0 Å². The molecule has 1 saturated carbocycles. The first kappa shape index (κ1) is 27.3. The fourth-order valence-electron chi connectivity index (χ4n) is 7.30. The van der Waals surface area contributed by atoms with E-state index in [2.05, 4.69) is 156 Å². The minimum atomic E-state index is 0.508. The van der Waals surface area contributed by atoms with Gasteiger partial charge in [-0.2, -0.15) is 0 Å². The van der Waals surface area contributed by atoms with Crippen molar-refractivity contribution in [2.75, 3.05) is 9.80 Å². The Bertz CT molecular complexity index is 1850. The predicted octanol–water partition coefficient (Wildman–Crippen LogP) is 11.3. The largest absolute Gasteiger partial charge is 0.341 e. The fraction of sp³-hybridized carbons (Fsp3) is 0.250.